The molecule has 1 heterocycles. The zero-order valence-corrected chi connectivity index (χ0v) is 19.8. The van der Waals surface area contributed by atoms with Crippen LogP contribution in [0.2, 0.25) is 5.02 Å². The van der Waals surface area contributed by atoms with Crippen molar-refractivity contribution in [3.8, 4) is 11.4 Å². The molecule has 4 aromatic rings. The lowest BCUT2D eigenvalue weighted by molar-refractivity contribution is 0.102. The van der Waals surface area contributed by atoms with Crippen LogP contribution in [0.4, 0.5) is 11.4 Å². The number of nitrogens with one attached hydrogen (secondary N) is 1. The van der Waals surface area contributed by atoms with Crippen molar-refractivity contribution in [2.45, 2.75) is 4.90 Å². The number of nitrogens with zero attached hydrogens (tertiary/aromatic N) is 4. The highest BCUT2D eigenvalue weighted by Gasteiger charge is 2.24. The van der Waals surface area contributed by atoms with E-state index in [0.717, 1.165) is 4.31 Å². The number of rotatable bonds is 7. The number of methoxy groups -OCH3 is 1. The minimum absolute atomic E-state index is 0.0310. The number of ether oxygens (including phenoxy) is 1. The predicted octanol–water partition coefficient (Wildman–Crippen LogP) is 4.01. The smallest absolute Gasteiger partial charge is 0.264 e. The number of hydrogen-bond donors (Lipinski definition) is 1. The van der Waals surface area contributed by atoms with E-state index in [2.05, 4.69) is 15.4 Å². The van der Waals surface area contributed by atoms with E-state index in [9.17, 15) is 13.2 Å². The Morgan fingerprint density at radius 2 is 1.82 bits per heavy atom. The van der Waals surface area contributed by atoms with Gasteiger partial charge in [-0.3, -0.25) is 9.10 Å². The first-order valence-electron chi connectivity index (χ1n) is 9.99. The van der Waals surface area contributed by atoms with Crippen LogP contribution in [0.25, 0.3) is 5.69 Å². The molecule has 0 aliphatic rings. The van der Waals surface area contributed by atoms with Crippen molar-refractivity contribution >= 4 is 38.9 Å². The topological polar surface area (TPSA) is 106 Å². The van der Waals surface area contributed by atoms with E-state index >= 15 is 0 Å². The normalized spacial score (nSPS) is 11.1. The molecule has 174 valence electrons. The molecule has 0 saturated heterocycles. The lowest BCUT2D eigenvalue weighted by atomic mass is 10.2. The van der Waals surface area contributed by atoms with Crippen molar-refractivity contribution in [1.29, 1.82) is 0 Å². The number of sulfonamides is 1. The van der Waals surface area contributed by atoms with E-state index in [1.165, 1.54) is 55.8 Å². The summed E-state index contributed by atoms with van der Waals surface area (Å²) < 4.78 is 34.2. The fourth-order valence-electron chi connectivity index (χ4n) is 3.29. The maximum absolute atomic E-state index is 13.1. The van der Waals surface area contributed by atoms with Gasteiger partial charge in [-0.05, 0) is 54.6 Å². The summed E-state index contributed by atoms with van der Waals surface area (Å²) in [5.74, 6) is -0.0139. The molecule has 4 rings (SSSR count). The van der Waals surface area contributed by atoms with E-state index in [4.69, 9.17) is 16.3 Å². The van der Waals surface area contributed by atoms with E-state index < -0.39 is 15.9 Å². The lowest BCUT2D eigenvalue weighted by Crippen LogP contribution is -2.27. The molecule has 11 heteroatoms. The van der Waals surface area contributed by atoms with Gasteiger partial charge in [0.1, 0.15) is 18.4 Å². The van der Waals surface area contributed by atoms with Gasteiger partial charge in [-0.1, -0.05) is 23.7 Å². The highest BCUT2D eigenvalue weighted by Crippen LogP contribution is 2.31. The van der Waals surface area contributed by atoms with E-state index in [1.54, 1.807) is 42.5 Å². The minimum Gasteiger partial charge on any atom is -0.495 e. The van der Waals surface area contributed by atoms with Gasteiger partial charge in [0.15, 0.2) is 0 Å². The van der Waals surface area contributed by atoms with E-state index in [-0.39, 0.29) is 10.5 Å². The second kappa shape index (κ2) is 9.54. The number of hydrogen-bond acceptors (Lipinski definition) is 6. The largest absolute Gasteiger partial charge is 0.495 e. The Bertz CT molecular complexity index is 1420. The third kappa shape index (κ3) is 4.59. The van der Waals surface area contributed by atoms with Crippen molar-refractivity contribution in [2.75, 3.05) is 23.8 Å². The van der Waals surface area contributed by atoms with Gasteiger partial charge in [-0.2, -0.15) is 5.10 Å². The van der Waals surface area contributed by atoms with Gasteiger partial charge >= 0.3 is 0 Å². The Hall–Kier alpha value is -3.89. The zero-order valence-electron chi connectivity index (χ0n) is 18.2. The van der Waals surface area contributed by atoms with E-state index in [1.807, 2.05) is 0 Å². The number of aromatic nitrogens is 3. The van der Waals surface area contributed by atoms with Gasteiger partial charge in [0, 0.05) is 17.6 Å². The summed E-state index contributed by atoms with van der Waals surface area (Å²) in [5, 5.41) is 7.30. The number of anilines is 2. The Balaban J connectivity index is 1.58. The first-order chi connectivity index (χ1) is 16.3. The monoisotopic (exact) mass is 497 g/mol. The average molecular weight is 498 g/mol. The maximum Gasteiger partial charge on any atom is 0.264 e. The first kappa shape index (κ1) is 23.3. The highest BCUT2D eigenvalue weighted by atomic mass is 35.5. The Morgan fingerprint density at radius 1 is 1.09 bits per heavy atom. The third-order valence-corrected chi connectivity index (χ3v) is 7.09. The molecule has 3 aromatic carbocycles. The molecule has 1 N–H and O–H groups in total. The van der Waals surface area contributed by atoms with Crippen LogP contribution in [0.3, 0.4) is 0 Å². The number of carbonyl (C=O) groups is 1. The van der Waals surface area contributed by atoms with Crippen molar-refractivity contribution in [1.82, 2.24) is 14.8 Å². The van der Waals surface area contributed by atoms with Crippen LogP contribution < -0.4 is 14.4 Å². The van der Waals surface area contributed by atoms with E-state index in [0.29, 0.717) is 27.8 Å². The maximum atomic E-state index is 13.1. The minimum atomic E-state index is -3.88. The molecule has 0 radical (unpaired) electrons. The lowest BCUT2D eigenvalue weighted by Gasteiger charge is -2.21. The summed E-state index contributed by atoms with van der Waals surface area (Å²) in [4.78, 5) is 16.8. The standard InChI is InChI=1S/C23H20ClN5O4S/c1-28(21-5-3-4-6-22(21)33-2)34(31,32)18-10-7-16(8-11-18)23(30)27-19-13-17(24)9-12-20(19)29-15-25-14-26-29/h3-15H,1-2H3,(H,27,30). The van der Waals surface area contributed by atoms with Crippen LogP contribution in [0.1, 0.15) is 10.4 Å². The number of benzene rings is 3. The zero-order chi connectivity index (χ0) is 24.3. The molecule has 1 amide bonds. The summed E-state index contributed by atoms with van der Waals surface area (Å²) in [6, 6.07) is 17.4. The summed E-state index contributed by atoms with van der Waals surface area (Å²) in [6.45, 7) is 0. The number of carbonyl (C=O) groups excluding carboxylic acids is 1. The molecule has 0 atom stereocenters. The van der Waals surface area contributed by atoms with Crippen LogP contribution in [-0.4, -0.2) is 43.2 Å². The molecule has 9 nitrogen and oxygen atoms in total. The van der Waals surface area contributed by atoms with Crippen molar-refractivity contribution in [3.63, 3.8) is 0 Å². The summed E-state index contributed by atoms with van der Waals surface area (Å²) >= 11 is 6.10. The Morgan fingerprint density at radius 3 is 2.50 bits per heavy atom. The second-order valence-electron chi connectivity index (χ2n) is 7.12. The van der Waals surface area contributed by atoms with Crippen molar-refractivity contribution in [2.24, 2.45) is 0 Å². The highest BCUT2D eigenvalue weighted by molar-refractivity contribution is 7.92. The summed E-state index contributed by atoms with van der Waals surface area (Å²) in [6.07, 6.45) is 2.87. The first-order valence-corrected chi connectivity index (χ1v) is 11.8. The second-order valence-corrected chi connectivity index (χ2v) is 9.53. The predicted molar refractivity (Wildman–Crippen MR) is 129 cm³/mol. The summed E-state index contributed by atoms with van der Waals surface area (Å²) in [7, 11) is -0.966. The molecule has 0 spiro atoms. The van der Waals surface area contributed by atoms with Gasteiger partial charge in [0.05, 0.1) is 29.1 Å². The molecule has 0 saturated carbocycles. The van der Waals surface area contributed by atoms with Crippen molar-refractivity contribution < 1.29 is 17.9 Å². The van der Waals surface area contributed by atoms with Crippen LogP contribution in [-0.2, 0) is 10.0 Å². The SMILES string of the molecule is COc1ccccc1N(C)S(=O)(=O)c1ccc(C(=O)Nc2cc(Cl)ccc2-n2cncn2)cc1. The molecular weight excluding hydrogens is 478 g/mol. The Kier molecular flexibility index (Phi) is 6.53. The van der Waals surface area contributed by atoms with Gasteiger partial charge in [-0.15, -0.1) is 0 Å². The quantitative estimate of drug-likeness (QED) is 0.413. The summed E-state index contributed by atoms with van der Waals surface area (Å²) in [5.41, 5.74) is 1.67. The average Bonchev–Trinajstić information content (AvgIpc) is 3.38. The molecule has 0 bridgehead atoms. The third-order valence-electron chi connectivity index (χ3n) is 5.07. The van der Waals surface area contributed by atoms with Crippen LogP contribution in [0.15, 0.2) is 84.3 Å². The van der Waals surface area contributed by atoms with Gasteiger partial charge in [0.25, 0.3) is 15.9 Å². The molecule has 0 fully saturated rings. The number of para-hydroxylation sites is 2. The molecule has 0 aliphatic carbocycles. The van der Waals surface area contributed by atoms with Crippen LogP contribution >= 0.6 is 11.6 Å². The fourth-order valence-corrected chi connectivity index (χ4v) is 4.67. The van der Waals surface area contributed by atoms with Crippen LogP contribution in [0, 0.1) is 0 Å². The molecule has 1 aromatic heterocycles. The van der Waals surface area contributed by atoms with Crippen LogP contribution in [0.5, 0.6) is 5.75 Å². The van der Waals surface area contributed by atoms with Gasteiger partial charge in [0.2, 0.25) is 0 Å². The molecule has 0 unspecified atom stereocenters. The Labute approximate surface area is 201 Å². The van der Waals surface area contributed by atoms with Gasteiger partial charge in [-0.25, -0.2) is 18.1 Å². The molecule has 0 aliphatic heterocycles. The fraction of sp³-hybridized carbons (Fsp3) is 0.0870. The number of halogens is 1. The molecule has 34 heavy (non-hydrogen) atoms. The van der Waals surface area contributed by atoms with Crippen molar-refractivity contribution in [3.05, 3.63) is 90.0 Å². The number of amides is 1. The van der Waals surface area contributed by atoms with Gasteiger partial charge < -0.3 is 10.1 Å². The molecular formula is C23H20ClN5O4S.